The lowest BCUT2D eigenvalue weighted by atomic mass is 10.2. The smallest absolute Gasteiger partial charge is 0.339 e. The van der Waals surface area contributed by atoms with Crippen molar-refractivity contribution in [2.75, 3.05) is 5.75 Å². The van der Waals surface area contributed by atoms with E-state index in [0.29, 0.717) is 26.9 Å². The maximum absolute atomic E-state index is 12.4. The van der Waals surface area contributed by atoms with Gasteiger partial charge in [0.25, 0.3) is 5.89 Å². The van der Waals surface area contributed by atoms with Crippen molar-refractivity contribution in [3.63, 3.8) is 0 Å². The molecule has 0 spiro atoms. The maximum Gasteiger partial charge on any atom is 0.339 e. The van der Waals surface area contributed by atoms with Crippen LogP contribution in [-0.2, 0) is 16.1 Å². The van der Waals surface area contributed by atoms with E-state index < -0.39 is 11.9 Å². The molecule has 2 N–H and O–H groups in total. The van der Waals surface area contributed by atoms with Gasteiger partial charge < -0.3 is 15.0 Å². The van der Waals surface area contributed by atoms with Crippen molar-refractivity contribution >= 4 is 35.2 Å². The van der Waals surface area contributed by atoms with Crippen molar-refractivity contribution in [3.05, 3.63) is 65.0 Å². The predicted molar refractivity (Wildman–Crippen MR) is 100 cm³/mol. The first-order valence-corrected chi connectivity index (χ1v) is 9.15. The van der Waals surface area contributed by atoms with Gasteiger partial charge in [0.05, 0.1) is 16.3 Å². The number of amides is 1. The summed E-state index contributed by atoms with van der Waals surface area (Å²) in [5.41, 5.74) is 6.10. The Balaban J connectivity index is 1.67. The Kier molecular flexibility index (Phi) is 6.10. The molecule has 0 saturated heterocycles. The summed E-state index contributed by atoms with van der Waals surface area (Å²) in [6.45, 7) is -0.189. The van der Waals surface area contributed by atoms with Crippen molar-refractivity contribution < 1.29 is 18.8 Å². The Morgan fingerprint density at radius 2 is 1.89 bits per heavy atom. The highest BCUT2D eigenvalue weighted by atomic mass is 35.5. The molecule has 0 aliphatic heterocycles. The number of benzene rings is 2. The standard InChI is InChI=1S/C18H14ClN3O4S/c19-13-7-3-1-5-11(13)17-21-16(26-22-17)9-25-18(24)12-6-2-4-8-14(12)27-10-15(20)23/h1-8H,9-10H2,(H2,20,23). The molecule has 0 aliphatic carbocycles. The minimum Gasteiger partial charge on any atom is -0.452 e. The molecule has 3 rings (SSSR count). The van der Waals surface area contributed by atoms with Crippen LogP contribution in [0.4, 0.5) is 0 Å². The third kappa shape index (κ3) is 4.87. The van der Waals surface area contributed by atoms with Gasteiger partial charge in [0.15, 0.2) is 6.61 Å². The van der Waals surface area contributed by atoms with Crippen LogP contribution >= 0.6 is 23.4 Å². The summed E-state index contributed by atoms with van der Waals surface area (Å²) in [6, 6.07) is 13.9. The molecule has 0 fully saturated rings. The number of carbonyl (C=O) groups excluding carboxylic acids is 2. The molecule has 0 radical (unpaired) electrons. The topological polar surface area (TPSA) is 108 Å². The molecule has 0 atom stereocenters. The van der Waals surface area contributed by atoms with Gasteiger partial charge in [-0.25, -0.2) is 4.79 Å². The van der Waals surface area contributed by atoms with Crippen LogP contribution < -0.4 is 5.73 Å². The molecule has 1 heterocycles. The fourth-order valence-corrected chi connectivity index (χ4v) is 3.18. The van der Waals surface area contributed by atoms with E-state index in [2.05, 4.69) is 10.1 Å². The van der Waals surface area contributed by atoms with Crippen molar-refractivity contribution in [1.82, 2.24) is 10.1 Å². The average Bonchev–Trinajstić information content (AvgIpc) is 3.14. The van der Waals surface area contributed by atoms with Crippen LogP contribution in [0.1, 0.15) is 16.2 Å². The second kappa shape index (κ2) is 8.70. The van der Waals surface area contributed by atoms with Crippen LogP contribution in [0.3, 0.4) is 0 Å². The second-order valence-electron chi connectivity index (χ2n) is 5.32. The van der Waals surface area contributed by atoms with Crippen LogP contribution in [0.5, 0.6) is 0 Å². The predicted octanol–water partition coefficient (Wildman–Crippen LogP) is 3.32. The lowest BCUT2D eigenvalue weighted by Gasteiger charge is -2.07. The fraction of sp³-hybridized carbons (Fsp3) is 0.111. The Bertz CT molecular complexity index is 977. The SMILES string of the molecule is NC(=O)CSc1ccccc1C(=O)OCc1nc(-c2ccccc2Cl)no1. The van der Waals surface area contributed by atoms with E-state index in [1.54, 1.807) is 48.5 Å². The number of primary amides is 1. The van der Waals surface area contributed by atoms with Gasteiger partial charge >= 0.3 is 5.97 Å². The largest absolute Gasteiger partial charge is 0.452 e. The summed E-state index contributed by atoms with van der Waals surface area (Å²) in [5, 5.41) is 4.34. The number of hydrogen-bond donors (Lipinski definition) is 1. The number of nitrogens with zero attached hydrogens (tertiary/aromatic N) is 2. The Hall–Kier alpha value is -2.84. The Morgan fingerprint density at radius 3 is 2.67 bits per heavy atom. The van der Waals surface area contributed by atoms with Gasteiger partial charge in [0.1, 0.15) is 0 Å². The molecule has 9 heteroatoms. The van der Waals surface area contributed by atoms with E-state index >= 15 is 0 Å². The van der Waals surface area contributed by atoms with Gasteiger partial charge in [0, 0.05) is 10.5 Å². The quantitative estimate of drug-likeness (QED) is 0.476. The molecule has 0 aliphatic rings. The third-order valence-corrected chi connectivity index (χ3v) is 4.81. The van der Waals surface area contributed by atoms with Gasteiger partial charge in [-0.3, -0.25) is 4.79 Å². The van der Waals surface area contributed by atoms with Crippen molar-refractivity contribution in [2.24, 2.45) is 5.73 Å². The first-order chi connectivity index (χ1) is 13.0. The minimum absolute atomic E-state index is 0.0646. The molecule has 0 saturated carbocycles. The van der Waals surface area contributed by atoms with Gasteiger partial charge in [0.2, 0.25) is 11.7 Å². The highest BCUT2D eigenvalue weighted by Crippen LogP contribution is 2.26. The number of thioether (sulfide) groups is 1. The summed E-state index contributed by atoms with van der Waals surface area (Å²) in [7, 11) is 0. The van der Waals surface area contributed by atoms with E-state index in [4.69, 9.17) is 26.6 Å². The van der Waals surface area contributed by atoms with Gasteiger partial charge in [-0.05, 0) is 24.3 Å². The third-order valence-electron chi connectivity index (χ3n) is 3.39. The van der Waals surface area contributed by atoms with Crippen molar-refractivity contribution in [2.45, 2.75) is 11.5 Å². The fourth-order valence-electron chi connectivity index (χ4n) is 2.18. The van der Waals surface area contributed by atoms with E-state index in [1.165, 1.54) is 11.8 Å². The molecule has 1 aromatic heterocycles. The van der Waals surface area contributed by atoms with Crippen LogP contribution in [0.15, 0.2) is 57.9 Å². The van der Waals surface area contributed by atoms with E-state index in [0.717, 1.165) is 0 Å². The zero-order valence-electron chi connectivity index (χ0n) is 13.9. The zero-order valence-corrected chi connectivity index (χ0v) is 15.5. The lowest BCUT2D eigenvalue weighted by Crippen LogP contribution is -2.14. The van der Waals surface area contributed by atoms with Crippen molar-refractivity contribution in [1.29, 1.82) is 0 Å². The van der Waals surface area contributed by atoms with E-state index in [-0.39, 0.29) is 18.3 Å². The van der Waals surface area contributed by atoms with Gasteiger partial charge in [-0.15, -0.1) is 11.8 Å². The first-order valence-electron chi connectivity index (χ1n) is 7.79. The molecular weight excluding hydrogens is 390 g/mol. The molecule has 138 valence electrons. The summed E-state index contributed by atoms with van der Waals surface area (Å²) >= 11 is 7.27. The molecule has 1 amide bonds. The number of rotatable bonds is 7. The van der Waals surface area contributed by atoms with Crippen LogP contribution in [0.2, 0.25) is 5.02 Å². The summed E-state index contributed by atoms with van der Waals surface area (Å²) in [6.07, 6.45) is 0. The van der Waals surface area contributed by atoms with E-state index in [1.807, 2.05) is 0 Å². The second-order valence-corrected chi connectivity index (χ2v) is 6.74. The number of hydrogen-bond acceptors (Lipinski definition) is 7. The van der Waals surface area contributed by atoms with E-state index in [9.17, 15) is 9.59 Å². The zero-order chi connectivity index (χ0) is 19.2. The van der Waals surface area contributed by atoms with Crippen molar-refractivity contribution in [3.8, 4) is 11.4 Å². The van der Waals surface area contributed by atoms with Crippen LogP contribution in [0.25, 0.3) is 11.4 Å². The maximum atomic E-state index is 12.4. The number of aromatic nitrogens is 2. The van der Waals surface area contributed by atoms with Gasteiger partial charge in [-0.1, -0.05) is 41.0 Å². The normalized spacial score (nSPS) is 10.6. The Morgan fingerprint density at radius 1 is 1.15 bits per heavy atom. The lowest BCUT2D eigenvalue weighted by molar-refractivity contribution is -0.115. The number of nitrogens with two attached hydrogens (primary N) is 1. The van der Waals surface area contributed by atoms with Crippen LogP contribution in [0, 0.1) is 0 Å². The molecule has 2 aromatic carbocycles. The monoisotopic (exact) mass is 403 g/mol. The summed E-state index contributed by atoms with van der Waals surface area (Å²) < 4.78 is 10.3. The highest BCUT2D eigenvalue weighted by Gasteiger charge is 2.16. The molecular formula is C18H14ClN3O4S. The number of halogens is 1. The summed E-state index contributed by atoms with van der Waals surface area (Å²) in [4.78, 5) is 28.1. The van der Waals surface area contributed by atoms with Crippen LogP contribution in [-0.4, -0.2) is 27.8 Å². The molecule has 0 unspecified atom stereocenters. The number of carbonyl (C=O) groups is 2. The minimum atomic E-state index is -0.569. The number of esters is 1. The van der Waals surface area contributed by atoms with Gasteiger partial charge in [-0.2, -0.15) is 4.98 Å². The summed E-state index contributed by atoms with van der Waals surface area (Å²) in [5.74, 6) is -0.527. The first kappa shape index (κ1) is 18.9. The number of ether oxygens (including phenoxy) is 1. The molecule has 0 bridgehead atoms. The molecule has 27 heavy (non-hydrogen) atoms. The molecule has 3 aromatic rings. The Labute approximate surface area is 163 Å². The average molecular weight is 404 g/mol. The molecule has 7 nitrogen and oxygen atoms in total. The highest BCUT2D eigenvalue weighted by molar-refractivity contribution is 8.00.